The third-order valence-corrected chi connectivity index (χ3v) is 8.07. The molecular formula is C21H36O2. The Morgan fingerprint density at radius 1 is 1.43 bits per heavy atom. The molecule has 2 saturated carbocycles. The van der Waals surface area contributed by atoms with Crippen molar-refractivity contribution in [3.8, 4) is 0 Å². The van der Waals surface area contributed by atoms with Crippen LogP contribution in [0.15, 0.2) is 12.7 Å². The summed E-state index contributed by atoms with van der Waals surface area (Å²) in [7, 11) is 0. The number of aliphatic hydroxyl groups excluding tert-OH is 1. The quantitative estimate of drug-likeness (QED) is 0.723. The minimum absolute atomic E-state index is 0.0244. The van der Waals surface area contributed by atoms with Gasteiger partial charge in [-0.15, -0.1) is 6.58 Å². The molecule has 132 valence electrons. The second kappa shape index (κ2) is 6.02. The molecule has 0 aromatic carbocycles. The lowest BCUT2D eigenvalue weighted by molar-refractivity contribution is -0.143. The molecule has 0 amide bonds. The summed E-state index contributed by atoms with van der Waals surface area (Å²) in [5.74, 6) is 1.20. The zero-order valence-corrected chi connectivity index (χ0v) is 16.0. The van der Waals surface area contributed by atoms with Gasteiger partial charge < -0.3 is 5.11 Å². The third-order valence-electron chi connectivity index (χ3n) is 8.07. The van der Waals surface area contributed by atoms with E-state index in [1.165, 1.54) is 0 Å². The van der Waals surface area contributed by atoms with Crippen molar-refractivity contribution in [2.75, 3.05) is 0 Å². The van der Waals surface area contributed by atoms with Gasteiger partial charge in [-0.1, -0.05) is 47.6 Å². The van der Waals surface area contributed by atoms with Crippen LogP contribution in [0.1, 0.15) is 73.6 Å². The van der Waals surface area contributed by atoms with E-state index in [4.69, 9.17) is 0 Å². The van der Waals surface area contributed by atoms with Crippen molar-refractivity contribution in [3.05, 3.63) is 12.7 Å². The molecule has 0 saturated heterocycles. The average Bonchev–Trinajstić information content (AvgIpc) is 2.88. The van der Waals surface area contributed by atoms with Crippen molar-refractivity contribution < 1.29 is 9.90 Å². The third kappa shape index (κ3) is 2.62. The van der Waals surface area contributed by atoms with E-state index in [1.807, 2.05) is 6.08 Å². The van der Waals surface area contributed by atoms with E-state index < -0.39 is 6.10 Å². The molecule has 0 bridgehead atoms. The maximum atomic E-state index is 12.8. The van der Waals surface area contributed by atoms with Gasteiger partial charge in [0, 0.05) is 17.8 Å². The Labute approximate surface area is 142 Å². The fraction of sp³-hybridized carbons (Fsp3) is 0.857. The number of ketones is 1. The van der Waals surface area contributed by atoms with Gasteiger partial charge >= 0.3 is 0 Å². The number of Topliss-reactive ketones (excluding diaryl/α,β-unsaturated/α-hetero) is 1. The summed E-state index contributed by atoms with van der Waals surface area (Å²) < 4.78 is 0. The lowest BCUT2D eigenvalue weighted by atomic mass is 9.48. The fourth-order valence-electron chi connectivity index (χ4n) is 5.61. The van der Waals surface area contributed by atoms with E-state index in [9.17, 15) is 9.90 Å². The van der Waals surface area contributed by atoms with E-state index >= 15 is 0 Å². The van der Waals surface area contributed by atoms with Crippen LogP contribution in [0, 0.1) is 34.0 Å². The van der Waals surface area contributed by atoms with Crippen LogP contribution in [0.3, 0.4) is 0 Å². The van der Waals surface area contributed by atoms with Gasteiger partial charge in [-0.2, -0.15) is 0 Å². The van der Waals surface area contributed by atoms with Crippen LogP contribution in [0.25, 0.3) is 0 Å². The number of carbonyl (C=O) groups is 1. The SMILES string of the molecule is C=C[C@](C)(CC)[C@@H](O)[C@H](C)[C@]12CCC(=O)[C@H]1C(C)(C)C(C)CC2. The first-order valence-corrected chi connectivity index (χ1v) is 9.41. The number of fused-ring (bicyclic) bond motifs is 1. The molecule has 2 aliphatic rings. The highest BCUT2D eigenvalue weighted by atomic mass is 16.3. The van der Waals surface area contributed by atoms with Gasteiger partial charge in [0.05, 0.1) is 6.10 Å². The second-order valence-electron chi connectivity index (χ2n) is 9.19. The summed E-state index contributed by atoms with van der Waals surface area (Å²) in [6, 6.07) is 0. The Hall–Kier alpha value is -0.630. The van der Waals surface area contributed by atoms with Gasteiger partial charge in [0.15, 0.2) is 0 Å². The molecule has 2 nitrogen and oxygen atoms in total. The molecule has 2 aliphatic carbocycles. The van der Waals surface area contributed by atoms with Crippen molar-refractivity contribution >= 4 is 5.78 Å². The van der Waals surface area contributed by atoms with Gasteiger partial charge in [-0.25, -0.2) is 0 Å². The molecule has 0 aromatic heterocycles. The number of hydrogen-bond donors (Lipinski definition) is 1. The van der Waals surface area contributed by atoms with E-state index in [0.717, 1.165) is 25.7 Å². The predicted octanol–water partition coefficient (Wildman–Crippen LogP) is 5.01. The lowest BCUT2D eigenvalue weighted by Crippen LogP contribution is -2.54. The normalized spacial score (nSPS) is 38.5. The van der Waals surface area contributed by atoms with Crippen molar-refractivity contribution in [1.29, 1.82) is 0 Å². The molecule has 0 spiro atoms. The van der Waals surface area contributed by atoms with Crippen LogP contribution in [-0.4, -0.2) is 17.0 Å². The van der Waals surface area contributed by atoms with Crippen LogP contribution in [-0.2, 0) is 4.79 Å². The maximum absolute atomic E-state index is 12.8. The molecule has 1 N–H and O–H groups in total. The van der Waals surface area contributed by atoms with Crippen molar-refractivity contribution in [2.24, 2.45) is 34.0 Å². The van der Waals surface area contributed by atoms with Crippen molar-refractivity contribution in [2.45, 2.75) is 79.8 Å². The average molecular weight is 321 g/mol. The Balaban J connectivity index is 2.43. The first kappa shape index (κ1) is 18.7. The van der Waals surface area contributed by atoms with Crippen LogP contribution in [0.4, 0.5) is 0 Å². The number of aliphatic hydroxyl groups is 1. The highest BCUT2D eigenvalue weighted by molar-refractivity contribution is 5.85. The molecule has 0 radical (unpaired) electrons. The second-order valence-corrected chi connectivity index (χ2v) is 9.19. The van der Waals surface area contributed by atoms with Crippen LogP contribution < -0.4 is 0 Å². The van der Waals surface area contributed by atoms with Gasteiger partial charge in [0.2, 0.25) is 0 Å². The molecule has 2 heteroatoms. The van der Waals surface area contributed by atoms with Gasteiger partial charge in [0.1, 0.15) is 5.78 Å². The van der Waals surface area contributed by atoms with E-state index in [1.54, 1.807) is 0 Å². The Kier molecular flexibility index (Phi) is 4.90. The summed E-state index contributed by atoms with van der Waals surface area (Å²) in [6.07, 6.45) is 6.21. The smallest absolute Gasteiger partial charge is 0.137 e. The molecule has 1 unspecified atom stereocenters. The molecule has 23 heavy (non-hydrogen) atoms. The van der Waals surface area contributed by atoms with Crippen LogP contribution in [0.2, 0.25) is 0 Å². The summed E-state index contributed by atoms with van der Waals surface area (Å²) in [5, 5.41) is 11.2. The van der Waals surface area contributed by atoms with Gasteiger partial charge in [0.25, 0.3) is 0 Å². The minimum Gasteiger partial charge on any atom is -0.392 e. The highest BCUT2D eigenvalue weighted by Gasteiger charge is 2.61. The zero-order valence-electron chi connectivity index (χ0n) is 16.0. The predicted molar refractivity (Wildman–Crippen MR) is 96.1 cm³/mol. The molecule has 6 atom stereocenters. The topological polar surface area (TPSA) is 37.3 Å². The number of hydrogen-bond acceptors (Lipinski definition) is 2. The molecule has 0 aliphatic heterocycles. The van der Waals surface area contributed by atoms with Crippen molar-refractivity contribution in [1.82, 2.24) is 0 Å². The number of carbonyl (C=O) groups excluding carboxylic acids is 1. The summed E-state index contributed by atoms with van der Waals surface area (Å²) in [5.41, 5.74) is -0.292. The van der Waals surface area contributed by atoms with Crippen LogP contribution in [0.5, 0.6) is 0 Å². The standard InChI is InChI=1S/C21H36O2/c1-8-20(7,9-2)18(23)15(4)21-12-10-14(3)19(5,6)17(21)16(22)11-13-21/h8,14-15,17-18,23H,1,9-13H2,2-7H3/t14?,15-,17-,18-,20+,21-/m0/s1. The Morgan fingerprint density at radius 3 is 2.57 bits per heavy atom. The molecule has 0 heterocycles. The monoisotopic (exact) mass is 320 g/mol. The maximum Gasteiger partial charge on any atom is 0.137 e. The van der Waals surface area contributed by atoms with Crippen molar-refractivity contribution in [3.63, 3.8) is 0 Å². The summed E-state index contributed by atoms with van der Waals surface area (Å²) in [6.45, 7) is 17.2. The number of rotatable bonds is 5. The zero-order chi connectivity index (χ0) is 17.6. The molecular weight excluding hydrogens is 284 g/mol. The first-order chi connectivity index (χ1) is 10.6. The minimum atomic E-state index is -0.442. The van der Waals surface area contributed by atoms with Gasteiger partial charge in [-0.3, -0.25) is 4.79 Å². The van der Waals surface area contributed by atoms with Gasteiger partial charge in [-0.05, 0) is 48.3 Å². The lowest BCUT2D eigenvalue weighted by Gasteiger charge is -2.56. The molecule has 2 fully saturated rings. The fourth-order valence-corrected chi connectivity index (χ4v) is 5.61. The van der Waals surface area contributed by atoms with E-state index in [-0.39, 0.29) is 28.1 Å². The Bertz CT molecular complexity index is 480. The molecule has 2 rings (SSSR count). The largest absolute Gasteiger partial charge is 0.392 e. The highest BCUT2D eigenvalue weighted by Crippen LogP contribution is 2.64. The summed E-state index contributed by atoms with van der Waals surface area (Å²) >= 11 is 0. The van der Waals surface area contributed by atoms with E-state index in [0.29, 0.717) is 18.1 Å². The first-order valence-electron chi connectivity index (χ1n) is 9.41. The van der Waals surface area contributed by atoms with E-state index in [2.05, 4.69) is 48.1 Å². The Morgan fingerprint density at radius 2 is 2.04 bits per heavy atom. The summed E-state index contributed by atoms with van der Waals surface area (Å²) in [4.78, 5) is 12.8. The van der Waals surface area contributed by atoms with Crippen LogP contribution >= 0.6 is 0 Å². The molecule has 0 aromatic rings.